The molecule has 0 saturated carbocycles. The molecule has 106 valence electrons. The molecule has 1 aliphatic heterocycles. The number of carbonyl (C=O) groups excluding carboxylic acids is 1. The third kappa shape index (κ3) is 2.41. The summed E-state index contributed by atoms with van der Waals surface area (Å²) in [6.45, 7) is 2.97. The van der Waals surface area contributed by atoms with Crippen LogP contribution in [0.15, 0.2) is 34.7 Å². The number of alkyl halides is 1. The minimum atomic E-state index is -0.110. The quantitative estimate of drug-likeness (QED) is 0.800. The average Bonchev–Trinajstić information content (AvgIpc) is 2.91. The van der Waals surface area contributed by atoms with Crippen molar-refractivity contribution < 1.29 is 13.9 Å². The van der Waals surface area contributed by atoms with E-state index in [1.807, 2.05) is 31.2 Å². The monoisotopic (exact) mass is 293 g/mol. The fraction of sp³-hybridized carbons (Fsp3) is 0.400. The van der Waals surface area contributed by atoms with Gasteiger partial charge < -0.3 is 14.1 Å². The molecule has 0 bridgehead atoms. The van der Waals surface area contributed by atoms with E-state index in [1.54, 1.807) is 11.0 Å². The van der Waals surface area contributed by atoms with Crippen LogP contribution in [0.2, 0.25) is 0 Å². The molecule has 0 aliphatic carbocycles. The maximum atomic E-state index is 12.6. The van der Waals surface area contributed by atoms with Crippen LogP contribution in [0.4, 0.5) is 0 Å². The topological polar surface area (TPSA) is 42.7 Å². The highest BCUT2D eigenvalue weighted by atomic mass is 35.5. The minimum absolute atomic E-state index is 0.0233. The summed E-state index contributed by atoms with van der Waals surface area (Å²) >= 11 is 5.82. The van der Waals surface area contributed by atoms with Crippen LogP contribution in [0.1, 0.15) is 17.5 Å². The number of amides is 1. The van der Waals surface area contributed by atoms with Crippen molar-refractivity contribution in [2.24, 2.45) is 0 Å². The lowest BCUT2D eigenvalue weighted by Gasteiger charge is -2.36. The largest absolute Gasteiger partial charge is 0.451 e. The highest BCUT2D eigenvalue weighted by Crippen LogP contribution is 2.22. The normalized spacial score (nSPS) is 23.2. The number of morpholine rings is 1. The molecule has 0 radical (unpaired) electrons. The van der Waals surface area contributed by atoms with Gasteiger partial charge >= 0.3 is 0 Å². The number of para-hydroxylation sites is 1. The first-order valence-corrected chi connectivity index (χ1v) is 7.19. The van der Waals surface area contributed by atoms with E-state index in [2.05, 4.69) is 0 Å². The van der Waals surface area contributed by atoms with Gasteiger partial charge in [-0.25, -0.2) is 0 Å². The maximum Gasteiger partial charge on any atom is 0.290 e. The van der Waals surface area contributed by atoms with E-state index < -0.39 is 0 Å². The second kappa shape index (κ2) is 5.46. The van der Waals surface area contributed by atoms with E-state index in [0.717, 1.165) is 11.0 Å². The first kappa shape index (κ1) is 13.5. The summed E-state index contributed by atoms with van der Waals surface area (Å²) in [7, 11) is 0. The van der Waals surface area contributed by atoms with E-state index in [1.165, 1.54) is 0 Å². The molecule has 5 heteroatoms. The third-order valence-electron chi connectivity index (χ3n) is 3.57. The predicted octanol–water partition coefficient (Wildman–Crippen LogP) is 2.90. The van der Waals surface area contributed by atoms with Gasteiger partial charge in [0.1, 0.15) is 5.58 Å². The van der Waals surface area contributed by atoms with Gasteiger partial charge in [-0.15, -0.1) is 11.6 Å². The number of hydrogen-bond donors (Lipinski definition) is 0. The summed E-state index contributed by atoms with van der Waals surface area (Å²) in [5, 5.41) is 0.936. The zero-order chi connectivity index (χ0) is 14.1. The summed E-state index contributed by atoms with van der Waals surface area (Å²) in [6, 6.07) is 9.41. The summed E-state index contributed by atoms with van der Waals surface area (Å²) < 4.78 is 11.2. The Morgan fingerprint density at radius 2 is 2.25 bits per heavy atom. The van der Waals surface area contributed by atoms with Gasteiger partial charge in [-0.3, -0.25) is 4.79 Å². The Morgan fingerprint density at radius 1 is 1.45 bits per heavy atom. The molecule has 0 spiro atoms. The Kier molecular flexibility index (Phi) is 3.68. The number of halogens is 1. The summed E-state index contributed by atoms with van der Waals surface area (Å²) in [4.78, 5) is 14.3. The number of ether oxygens (including phenoxy) is 1. The van der Waals surface area contributed by atoms with Crippen molar-refractivity contribution in [2.45, 2.75) is 19.1 Å². The van der Waals surface area contributed by atoms with Gasteiger partial charge in [-0.05, 0) is 19.1 Å². The maximum absolute atomic E-state index is 12.6. The smallest absolute Gasteiger partial charge is 0.290 e. The van der Waals surface area contributed by atoms with Crippen molar-refractivity contribution in [2.75, 3.05) is 19.0 Å². The van der Waals surface area contributed by atoms with Crippen molar-refractivity contribution >= 4 is 28.5 Å². The molecule has 1 amide bonds. The van der Waals surface area contributed by atoms with Crippen molar-refractivity contribution in [1.82, 2.24) is 4.90 Å². The molecule has 2 aromatic rings. The lowest BCUT2D eigenvalue weighted by molar-refractivity contribution is -0.0380. The van der Waals surface area contributed by atoms with Gasteiger partial charge in [0.25, 0.3) is 5.91 Å². The molecule has 20 heavy (non-hydrogen) atoms. The van der Waals surface area contributed by atoms with Crippen LogP contribution in [-0.4, -0.2) is 42.0 Å². The van der Waals surface area contributed by atoms with E-state index >= 15 is 0 Å². The molecule has 1 fully saturated rings. The molecular formula is C15H16ClNO3. The van der Waals surface area contributed by atoms with Crippen LogP contribution < -0.4 is 0 Å². The molecule has 0 N–H and O–H groups in total. The van der Waals surface area contributed by atoms with E-state index in [-0.39, 0.29) is 18.1 Å². The third-order valence-corrected chi connectivity index (χ3v) is 3.92. The predicted molar refractivity (Wildman–Crippen MR) is 77.2 cm³/mol. The Hall–Kier alpha value is -1.52. The number of rotatable bonds is 2. The van der Waals surface area contributed by atoms with Crippen molar-refractivity contribution in [3.05, 3.63) is 36.1 Å². The molecule has 1 aromatic heterocycles. The number of hydrogen-bond acceptors (Lipinski definition) is 3. The Labute approximate surface area is 122 Å². The number of fused-ring (bicyclic) bond motifs is 1. The lowest BCUT2D eigenvalue weighted by Crippen LogP contribution is -2.51. The molecular weight excluding hydrogens is 278 g/mol. The van der Waals surface area contributed by atoms with Crippen LogP contribution in [0, 0.1) is 0 Å². The van der Waals surface area contributed by atoms with E-state index in [4.69, 9.17) is 20.8 Å². The van der Waals surface area contributed by atoms with E-state index in [0.29, 0.717) is 24.8 Å². The number of benzene rings is 1. The summed E-state index contributed by atoms with van der Waals surface area (Å²) in [5.41, 5.74) is 0.727. The fourth-order valence-electron chi connectivity index (χ4n) is 2.42. The highest BCUT2D eigenvalue weighted by Gasteiger charge is 2.31. The Bertz CT molecular complexity index is 591. The lowest BCUT2D eigenvalue weighted by atomic mass is 10.2. The van der Waals surface area contributed by atoms with Crippen molar-refractivity contribution in [1.29, 1.82) is 0 Å². The Balaban J connectivity index is 1.86. The number of furan rings is 1. The second-order valence-corrected chi connectivity index (χ2v) is 5.37. The van der Waals surface area contributed by atoms with Crippen LogP contribution in [0.3, 0.4) is 0 Å². The van der Waals surface area contributed by atoms with Crippen LogP contribution in [0.5, 0.6) is 0 Å². The molecule has 4 nitrogen and oxygen atoms in total. The summed E-state index contributed by atoms with van der Waals surface area (Å²) in [6.07, 6.45) is -0.110. The van der Waals surface area contributed by atoms with Crippen LogP contribution >= 0.6 is 11.6 Å². The fourth-order valence-corrected chi connectivity index (χ4v) is 2.61. The van der Waals surface area contributed by atoms with Crippen LogP contribution in [-0.2, 0) is 4.74 Å². The highest BCUT2D eigenvalue weighted by molar-refractivity contribution is 6.18. The molecule has 1 saturated heterocycles. The van der Waals surface area contributed by atoms with Gasteiger partial charge in [0.15, 0.2) is 5.76 Å². The van der Waals surface area contributed by atoms with Crippen LogP contribution in [0.25, 0.3) is 11.0 Å². The van der Waals surface area contributed by atoms with E-state index in [9.17, 15) is 4.79 Å². The number of nitrogens with zero attached hydrogens (tertiary/aromatic N) is 1. The number of carbonyl (C=O) groups is 1. The average molecular weight is 294 g/mol. The van der Waals surface area contributed by atoms with Gasteiger partial charge in [0, 0.05) is 11.9 Å². The Morgan fingerprint density at radius 3 is 3.00 bits per heavy atom. The molecule has 2 atom stereocenters. The van der Waals surface area contributed by atoms with Crippen molar-refractivity contribution in [3.63, 3.8) is 0 Å². The first-order chi connectivity index (χ1) is 9.69. The van der Waals surface area contributed by atoms with Crippen molar-refractivity contribution in [3.8, 4) is 0 Å². The first-order valence-electron chi connectivity index (χ1n) is 6.66. The zero-order valence-electron chi connectivity index (χ0n) is 11.2. The van der Waals surface area contributed by atoms with Gasteiger partial charge in [0.2, 0.25) is 0 Å². The molecule has 1 aliphatic rings. The SMILES string of the molecule is CC1COC(CCl)CN1C(=O)c1cc2ccccc2o1. The molecule has 2 heterocycles. The molecule has 1 aromatic carbocycles. The summed E-state index contributed by atoms with van der Waals surface area (Å²) in [5.74, 6) is 0.650. The molecule has 3 rings (SSSR count). The zero-order valence-corrected chi connectivity index (χ0v) is 12.0. The van der Waals surface area contributed by atoms with Gasteiger partial charge in [-0.2, -0.15) is 0 Å². The standard InChI is InChI=1S/C15H16ClNO3/c1-10-9-19-12(7-16)8-17(10)15(18)14-6-11-4-2-3-5-13(11)20-14/h2-6,10,12H,7-9H2,1H3. The minimum Gasteiger partial charge on any atom is -0.451 e. The van der Waals surface area contributed by atoms with Gasteiger partial charge in [-0.1, -0.05) is 18.2 Å². The van der Waals surface area contributed by atoms with Gasteiger partial charge in [0.05, 0.1) is 24.6 Å². The second-order valence-electron chi connectivity index (χ2n) is 5.06. The molecule has 2 unspecified atom stereocenters.